The second-order valence-corrected chi connectivity index (χ2v) is 27.1. The molecule has 15 aromatic rings. The monoisotopic (exact) mass is 1500 g/mol. The summed E-state index contributed by atoms with van der Waals surface area (Å²) >= 11 is 1.67. The smallest absolute Gasteiger partial charge is 0.335 e. The topological polar surface area (TPSA) is 269 Å². The number of aryl methyl sites for hydroxylation is 1. The Hall–Kier alpha value is -14.2. The first-order valence-corrected chi connectivity index (χ1v) is 37.0. The lowest BCUT2D eigenvalue weighted by Crippen LogP contribution is -2.32. The summed E-state index contributed by atoms with van der Waals surface area (Å²) in [6, 6.07) is 91.2. The Morgan fingerprint density at radius 3 is 1.68 bits per heavy atom. The number of benzene rings is 10. The molecule has 19 nitrogen and oxygen atoms in total. The van der Waals surface area contributed by atoms with Crippen LogP contribution in [0.4, 0.5) is 5.69 Å². The SMILES string of the molecule is Cn1c(Cc2cccnc2)nc2cc(C(=O)c3ccccc3)ccc21.NC(=O)c1ccc2c(c1)nc(SCc1ccccc1)n2Cc1cccnc1.O=C(O)c1ccc(C2=NOC(Cc3cccnc3)C2c2ccccc2)cc1.O=C(c1ccccc1)c1ccccc1N[C@@H](Cc1ccc(Oc2ccccc2)cc1)C(=O)O. The van der Waals surface area contributed by atoms with Gasteiger partial charge in [0.2, 0.25) is 5.91 Å². The molecule has 20 heteroatoms. The number of nitrogens with zero attached hydrogens (tertiary/aromatic N) is 8. The number of oxime groups is 1. The Kier molecular flexibility index (Phi) is 25.1. The molecule has 0 fully saturated rings. The Bertz CT molecular complexity index is 5710. The van der Waals surface area contributed by atoms with Gasteiger partial charge >= 0.3 is 11.9 Å². The van der Waals surface area contributed by atoms with E-state index in [9.17, 15) is 29.1 Å². The number of imidazole rings is 2. The van der Waals surface area contributed by atoms with Crippen molar-refractivity contribution in [2.75, 3.05) is 5.32 Å². The minimum absolute atomic E-state index is 0.0157. The lowest BCUT2D eigenvalue weighted by Gasteiger charge is -2.19. The molecule has 0 saturated heterocycles. The van der Waals surface area contributed by atoms with E-state index in [0.29, 0.717) is 58.6 Å². The van der Waals surface area contributed by atoms with E-state index in [2.05, 4.69) is 58.8 Å². The summed E-state index contributed by atoms with van der Waals surface area (Å²) in [5.74, 6) is 0.596. The average Bonchev–Trinajstić information content (AvgIpc) is 1.65. The number of carbonyl (C=O) groups is 5. The van der Waals surface area contributed by atoms with Crippen molar-refractivity contribution in [1.82, 2.24) is 34.1 Å². The third-order valence-electron chi connectivity index (χ3n) is 18.5. The number of nitrogens with one attached hydrogen (secondary N) is 1. The van der Waals surface area contributed by atoms with Crippen LogP contribution in [-0.2, 0) is 48.2 Å². The van der Waals surface area contributed by atoms with Crippen molar-refractivity contribution >= 4 is 74.6 Å². The van der Waals surface area contributed by atoms with Crippen molar-refractivity contribution in [2.45, 2.75) is 54.8 Å². The predicted octanol–water partition coefficient (Wildman–Crippen LogP) is 17.4. The summed E-state index contributed by atoms with van der Waals surface area (Å²) in [5, 5.41) is 27.3. The number of aromatic carboxylic acids is 1. The molecule has 554 valence electrons. The Morgan fingerprint density at radius 2 is 1.05 bits per heavy atom. The van der Waals surface area contributed by atoms with Gasteiger partial charge in [-0.15, -0.1) is 0 Å². The number of hydrogen-bond acceptors (Lipinski definition) is 15. The number of amides is 1. The summed E-state index contributed by atoms with van der Waals surface area (Å²) in [7, 11) is 2.00. The molecule has 3 atom stereocenters. The van der Waals surface area contributed by atoms with Crippen molar-refractivity contribution in [1.29, 1.82) is 0 Å². The molecule has 0 aliphatic carbocycles. The number of para-hydroxylation sites is 2. The summed E-state index contributed by atoms with van der Waals surface area (Å²) < 4.78 is 10.0. The molecule has 1 amide bonds. The standard InChI is InChI=1S/C28H23NO4.C22H18N2O3.C21H18N4OS.C21H17N3O/c30-27(21-9-3-1-4-10-21)24-13-7-8-14-25(24)29-26(28(31)32)19-20-15-17-23(18-16-20)33-22-11-5-2-6-12-22;25-22(26)18-10-8-17(9-11-18)21-20(16-6-2-1-3-7-16)19(27-24-21)13-15-5-4-12-23-14-15;22-20(26)17-8-9-19-18(11-17)24-21(27-14-15-5-2-1-3-6-15)25(19)13-16-7-4-10-23-12-16;1-24-19-10-9-17(21(25)16-7-3-2-4-8-16)13-18(19)23-20(24)12-15-6-5-11-22-14-15/h1-18,26,29H,19H2,(H,31,32);1-12,14,19-20H,13H2,(H,25,26);1-12H,13-14H2,(H2,22,26);2-11,13-14H,12H2,1H3/t26-;;;/m0.../s1. The lowest BCUT2D eigenvalue weighted by atomic mass is 9.84. The number of thioether (sulfide) groups is 1. The number of hydrogen-bond donors (Lipinski definition) is 4. The number of fused-ring (bicyclic) bond motifs is 2. The number of pyridine rings is 3. The second kappa shape index (κ2) is 37.0. The van der Waals surface area contributed by atoms with Gasteiger partial charge in [0, 0.05) is 108 Å². The van der Waals surface area contributed by atoms with Crippen LogP contribution in [0.25, 0.3) is 22.1 Å². The zero-order valence-corrected chi connectivity index (χ0v) is 61.7. The van der Waals surface area contributed by atoms with Crippen LogP contribution in [0.1, 0.15) is 103 Å². The largest absolute Gasteiger partial charge is 0.480 e. The summed E-state index contributed by atoms with van der Waals surface area (Å²) in [6.07, 6.45) is 12.3. The van der Waals surface area contributed by atoms with Gasteiger partial charge in [-0.25, -0.2) is 19.6 Å². The van der Waals surface area contributed by atoms with Gasteiger partial charge in [-0.3, -0.25) is 29.3 Å². The van der Waals surface area contributed by atoms with Crippen LogP contribution in [0.5, 0.6) is 11.5 Å². The summed E-state index contributed by atoms with van der Waals surface area (Å²) in [6.45, 7) is 0.664. The number of anilines is 1. The highest BCUT2D eigenvalue weighted by Crippen LogP contribution is 2.35. The van der Waals surface area contributed by atoms with E-state index in [0.717, 1.165) is 83.6 Å². The highest BCUT2D eigenvalue weighted by Gasteiger charge is 2.36. The number of carbonyl (C=O) groups excluding carboxylic acids is 3. The molecular weight excluding hydrogens is 1420 g/mol. The van der Waals surface area contributed by atoms with Gasteiger partial charge in [0.25, 0.3) is 0 Å². The number of rotatable bonds is 24. The number of aromatic nitrogens is 7. The highest BCUT2D eigenvalue weighted by molar-refractivity contribution is 7.98. The predicted molar refractivity (Wildman–Crippen MR) is 435 cm³/mol. The molecular formula is C92H76N10O9S. The van der Waals surface area contributed by atoms with Crippen LogP contribution >= 0.6 is 11.8 Å². The van der Waals surface area contributed by atoms with Gasteiger partial charge < -0.3 is 40.0 Å². The van der Waals surface area contributed by atoms with Crippen LogP contribution in [-0.4, -0.2) is 91.5 Å². The van der Waals surface area contributed by atoms with Gasteiger partial charge in [-0.05, 0) is 137 Å². The van der Waals surface area contributed by atoms with Gasteiger partial charge in [0.05, 0.1) is 45.8 Å². The third kappa shape index (κ3) is 19.7. The van der Waals surface area contributed by atoms with E-state index < -0.39 is 23.9 Å². The number of primary amides is 1. The number of ether oxygens (including phenoxy) is 1. The number of aliphatic carboxylic acids is 1. The maximum atomic E-state index is 13.0. The molecule has 0 bridgehead atoms. The molecule has 5 N–H and O–H groups in total. The van der Waals surface area contributed by atoms with E-state index in [4.69, 9.17) is 30.4 Å². The Labute approximate surface area is 650 Å². The van der Waals surface area contributed by atoms with Gasteiger partial charge in [-0.2, -0.15) is 0 Å². The highest BCUT2D eigenvalue weighted by atomic mass is 32.2. The lowest BCUT2D eigenvalue weighted by molar-refractivity contribution is -0.137. The first-order chi connectivity index (χ1) is 54.7. The minimum atomic E-state index is -0.999. The molecule has 5 aromatic heterocycles. The molecule has 16 rings (SSSR count). The first kappa shape index (κ1) is 76.0. The van der Waals surface area contributed by atoms with E-state index in [1.165, 1.54) is 5.56 Å². The number of carboxylic acid groups (broad SMARTS) is 2. The van der Waals surface area contributed by atoms with E-state index in [-0.39, 0.29) is 35.6 Å². The Morgan fingerprint density at radius 1 is 0.518 bits per heavy atom. The van der Waals surface area contributed by atoms with Crippen LogP contribution in [0.3, 0.4) is 0 Å². The first-order valence-electron chi connectivity index (χ1n) is 36.1. The molecule has 1 aliphatic rings. The molecule has 0 saturated carbocycles. The average molecular weight is 1500 g/mol. The van der Waals surface area contributed by atoms with Crippen molar-refractivity contribution in [3.05, 3.63) is 413 Å². The van der Waals surface area contributed by atoms with Crippen molar-refractivity contribution in [2.24, 2.45) is 17.9 Å². The number of carboxylic acids is 2. The zero-order chi connectivity index (χ0) is 77.6. The maximum Gasteiger partial charge on any atom is 0.335 e. The summed E-state index contributed by atoms with van der Waals surface area (Å²) in [5.41, 5.74) is 20.7. The van der Waals surface area contributed by atoms with Crippen LogP contribution < -0.4 is 15.8 Å². The van der Waals surface area contributed by atoms with Crippen LogP contribution in [0.15, 0.2) is 345 Å². The van der Waals surface area contributed by atoms with E-state index >= 15 is 0 Å². The summed E-state index contributed by atoms with van der Waals surface area (Å²) in [4.78, 5) is 88.1. The Balaban J connectivity index is 0.000000131. The van der Waals surface area contributed by atoms with Crippen molar-refractivity contribution < 1.29 is 43.8 Å². The van der Waals surface area contributed by atoms with E-state index in [1.54, 1.807) is 115 Å². The fourth-order valence-corrected chi connectivity index (χ4v) is 13.7. The van der Waals surface area contributed by atoms with Gasteiger partial charge in [-0.1, -0.05) is 211 Å². The van der Waals surface area contributed by atoms with Crippen molar-refractivity contribution in [3.8, 4) is 11.5 Å². The molecule has 10 aromatic carbocycles. The van der Waals surface area contributed by atoms with Crippen LogP contribution in [0, 0.1) is 0 Å². The molecule has 1 aliphatic heterocycles. The van der Waals surface area contributed by atoms with E-state index in [1.807, 2.05) is 214 Å². The third-order valence-corrected chi connectivity index (χ3v) is 19.6. The molecule has 112 heavy (non-hydrogen) atoms. The van der Waals surface area contributed by atoms with Gasteiger partial charge in [0.15, 0.2) is 16.7 Å². The molecule has 0 radical (unpaired) electrons. The fraction of sp³-hybridized carbons (Fsp3) is 0.0978. The maximum absolute atomic E-state index is 13.0. The number of nitrogens with two attached hydrogens (primary N) is 1. The second-order valence-electron chi connectivity index (χ2n) is 26.2. The molecule has 6 heterocycles. The fourth-order valence-electron chi connectivity index (χ4n) is 12.8. The molecule has 0 spiro atoms. The minimum Gasteiger partial charge on any atom is -0.480 e. The normalized spacial score (nSPS) is 12.9. The number of ketones is 2. The van der Waals surface area contributed by atoms with Crippen molar-refractivity contribution in [3.63, 3.8) is 0 Å². The zero-order valence-electron chi connectivity index (χ0n) is 60.8. The molecule has 2 unspecified atom stereocenters. The quantitative estimate of drug-likeness (QED) is 0.0323. The van der Waals surface area contributed by atoms with Crippen LogP contribution in [0.2, 0.25) is 0 Å². The van der Waals surface area contributed by atoms with Gasteiger partial charge in [0.1, 0.15) is 29.5 Å².